The summed E-state index contributed by atoms with van der Waals surface area (Å²) in [6, 6.07) is 7.61. The number of thiol groups is 1. The van der Waals surface area contributed by atoms with Crippen LogP contribution in [0.4, 0.5) is 0 Å². The van der Waals surface area contributed by atoms with Crippen molar-refractivity contribution in [2.24, 2.45) is 0 Å². The average Bonchev–Trinajstić information content (AvgIpc) is 3.26. The quantitative estimate of drug-likeness (QED) is 0.817. The smallest absolute Gasteiger partial charge is 0.140 e. The lowest BCUT2D eigenvalue weighted by atomic mass is 10.3. The van der Waals surface area contributed by atoms with Crippen LogP contribution in [0, 0.1) is 0 Å². The second kappa shape index (κ2) is 6.06. The number of rotatable bonds is 6. The second-order valence-electron chi connectivity index (χ2n) is 4.81. The Bertz CT molecular complexity index is 576. The molecule has 1 aliphatic carbocycles. The van der Waals surface area contributed by atoms with Gasteiger partial charge in [-0.15, -0.1) is 11.3 Å². The fraction of sp³-hybridized carbons (Fsp3) is 0.400. The standard InChI is InChI=1S/C15H17NO2S2/c1-17-11-4-6-12(7-5-11)18-8-14-16-15(10-2-3-10)13(9-19)20-14/h4-7,10,19H,2-3,8-9H2,1H3. The van der Waals surface area contributed by atoms with Crippen LogP contribution in [-0.2, 0) is 12.4 Å². The van der Waals surface area contributed by atoms with Crippen molar-refractivity contribution in [3.05, 3.63) is 39.8 Å². The van der Waals surface area contributed by atoms with Gasteiger partial charge in [-0.05, 0) is 37.1 Å². The molecule has 0 saturated heterocycles. The first kappa shape index (κ1) is 13.8. The van der Waals surface area contributed by atoms with Gasteiger partial charge in [0, 0.05) is 16.5 Å². The van der Waals surface area contributed by atoms with Crippen LogP contribution in [0.3, 0.4) is 0 Å². The maximum absolute atomic E-state index is 5.77. The number of benzene rings is 1. The highest BCUT2D eigenvalue weighted by atomic mass is 32.1. The first-order valence-electron chi connectivity index (χ1n) is 6.66. The molecule has 0 atom stereocenters. The van der Waals surface area contributed by atoms with Crippen LogP contribution in [0.25, 0.3) is 0 Å². The minimum absolute atomic E-state index is 0.518. The van der Waals surface area contributed by atoms with Crippen LogP contribution in [-0.4, -0.2) is 12.1 Å². The van der Waals surface area contributed by atoms with Crippen LogP contribution >= 0.6 is 24.0 Å². The molecule has 0 amide bonds. The van der Waals surface area contributed by atoms with Gasteiger partial charge in [-0.2, -0.15) is 12.6 Å². The lowest BCUT2D eigenvalue weighted by Gasteiger charge is -2.04. The third-order valence-electron chi connectivity index (χ3n) is 3.30. The highest BCUT2D eigenvalue weighted by Crippen LogP contribution is 2.43. The normalized spacial score (nSPS) is 14.3. The summed E-state index contributed by atoms with van der Waals surface area (Å²) in [5.41, 5.74) is 1.25. The van der Waals surface area contributed by atoms with Gasteiger partial charge >= 0.3 is 0 Å². The minimum atomic E-state index is 0.518. The number of thiazole rings is 1. The molecule has 3 rings (SSSR count). The van der Waals surface area contributed by atoms with Crippen molar-refractivity contribution >= 4 is 24.0 Å². The van der Waals surface area contributed by atoms with E-state index in [0.29, 0.717) is 12.5 Å². The fourth-order valence-corrected chi connectivity index (χ4v) is 3.37. The predicted octanol–water partition coefficient (Wildman–Crippen LogP) is 4.04. The zero-order valence-electron chi connectivity index (χ0n) is 11.3. The molecule has 1 saturated carbocycles. The first-order chi connectivity index (χ1) is 9.80. The van der Waals surface area contributed by atoms with Crippen molar-refractivity contribution in [3.8, 4) is 11.5 Å². The van der Waals surface area contributed by atoms with E-state index >= 15 is 0 Å². The summed E-state index contributed by atoms with van der Waals surface area (Å²) < 4.78 is 10.9. The molecule has 1 aromatic carbocycles. The van der Waals surface area contributed by atoms with E-state index in [1.807, 2.05) is 24.3 Å². The number of nitrogens with zero attached hydrogens (tertiary/aromatic N) is 1. The Balaban J connectivity index is 1.65. The maximum Gasteiger partial charge on any atom is 0.140 e. The topological polar surface area (TPSA) is 31.4 Å². The Labute approximate surface area is 128 Å². The van der Waals surface area contributed by atoms with Crippen molar-refractivity contribution in [3.63, 3.8) is 0 Å². The average molecular weight is 307 g/mol. The summed E-state index contributed by atoms with van der Waals surface area (Å²) in [5.74, 6) is 3.11. The number of hydrogen-bond acceptors (Lipinski definition) is 5. The van der Waals surface area contributed by atoms with Gasteiger partial charge in [0.15, 0.2) is 0 Å². The Morgan fingerprint density at radius 2 is 1.95 bits per heavy atom. The van der Waals surface area contributed by atoms with E-state index in [1.165, 1.54) is 23.4 Å². The molecule has 0 N–H and O–H groups in total. The summed E-state index contributed by atoms with van der Waals surface area (Å²) in [4.78, 5) is 6.01. The molecule has 0 radical (unpaired) electrons. The summed E-state index contributed by atoms with van der Waals surface area (Å²) in [6.45, 7) is 0.518. The molecular weight excluding hydrogens is 290 g/mol. The molecule has 1 aliphatic rings. The number of aromatic nitrogens is 1. The molecule has 0 aliphatic heterocycles. The van der Waals surface area contributed by atoms with E-state index < -0.39 is 0 Å². The summed E-state index contributed by atoms with van der Waals surface area (Å²) in [5, 5.41) is 1.03. The van der Waals surface area contributed by atoms with Crippen LogP contribution in [0.5, 0.6) is 11.5 Å². The van der Waals surface area contributed by atoms with Gasteiger partial charge in [0.1, 0.15) is 23.1 Å². The fourth-order valence-electron chi connectivity index (χ4n) is 2.08. The van der Waals surface area contributed by atoms with Crippen molar-refractivity contribution < 1.29 is 9.47 Å². The number of hydrogen-bond donors (Lipinski definition) is 1. The third-order valence-corrected chi connectivity index (χ3v) is 4.88. The Kier molecular flexibility index (Phi) is 4.17. The van der Waals surface area contributed by atoms with E-state index in [2.05, 4.69) is 12.6 Å². The first-order valence-corrected chi connectivity index (χ1v) is 8.11. The van der Waals surface area contributed by atoms with Gasteiger partial charge in [-0.25, -0.2) is 4.98 Å². The van der Waals surface area contributed by atoms with Crippen molar-refractivity contribution in [1.82, 2.24) is 4.98 Å². The van der Waals surface area contributed by atoms with E-state index in [-0.39, 0.29) is 0 Å². The van der Waals surface area contributed by atoms with Crippen molar-refractivity contribution in [2.45, 2.75) is 31.1 Å². The maximum atomic E-state index is 5.77. The molecule has 1 heterocycles. The lowest BCUT2D eigenvalue weighted by molar-refractivity contribution is 0.304. The Hall–Kier alpha value is -1.20. The van der Waals surface area contributed by atoms with Gasteiger partial charge in [0.2, 0.25) is 0 Å². The van der Waals surface area contributed by atoms with Crippen LogP contribution in [0.2, 0.25) is 0 Å². The predicted molar refractivity (Wildman–Crippen MR) is 84.1 cm³/mol. The molecule has 0 bridgehead atoms. The summed E-state index contributed by atoms with van der Waals surface area (Å²) in [6.07, 6.45) is 2.53. The van der Waals surface area contributed by atoms with E-state index in [1.54, 1.807) is 18.4 Å². The second-order valence-corrected chi connectivity index (χ2v) is 6.30. The van der Waals surface area contributed by atoms with E-state index in [9.17, 15) is 0 Å². The van der Waals surface area contributed by atoms with Crippen LogP contribution in [0.15, 0.2) is 24.3 Å². The van der Waals surface area contributed by atoms with Crippen molar-refractivity contribution in [2.75, 3.05) is 7.11 Å². The highest BCUT2D eigenvalue weighted by Gasteiger charge is 2.29. The molecule has 106 valence electrons. The molecule has 20 heavy (non-hydrogen) atoms. The number of methoxy groups -OCH3 is 1. The third kappa shape index (κ3) is 3.10. The molecule has 3 nitrogen and oxygen atoms in total. The van der Waals surface area contributed by atoms with Crippen LogP contribution < -0.4 is 9.47 Å². The molecule has 1 aromatic heterocycles. The molecule has 0 spiro atoms. The van der Waals surface area contributed by atoms with Gasteiger partial charge in [-0.1, -0.05) is 0 Å². The van der Waals surface area contributed by atoms with Crippen molar-refractivity contribution in [1.29, 1.82) is 0 Å². The SMILES string of the molecule is COc1ccc(OCc2nc(C3CC3)c(CS)s2)cc1. The largest absolute Gasteiger partial charge is 0.497 e. The van der Waals surface area contributed by atoms with Gasteiger partial charge in [0.25, 0.3) is 0 Å². The molecule has 5 heteroatoms. The summed E-state index contributed by atoms with van der Waals surface area (Å²) >= 11 is 6.11. The highest BCUT2D eigenvalue weighted by molar-refractivity contribution is 7.79. The Morgan fingerprint density at radius 3 is 2.55 bits per heavy atom. The van der Waals surface area contributed by atoms with Crippen LogP contribution in [0.1, 0.15) is 34.3 Å². The monoisotopic (exact) mass is 307 g/mol. The van der Waals surface area contributed by atoms with Gasteiger partial charge in [-0.3, -0.25) is 0 Å². The molecule has 2 aromatic rings. The number of ether oxygens (including phenoxy) is 2. The zero-order valence-corrected chi connectivity index (χ0v) is 13.0. The molecule has 0 unspecified atom stereocenters. The van der Waals surface area contributed by atoms with Gasteiger partial charge in [0.05, 0.1) is 12.8 Å². The Morgan fingerprint density at radius 1 is 1.25 bits per heavy atom. The van der Waals surface area contributed by atoms with Gasteiger partial charge < -0.3 is 9.47 Å². The molecular formula is C15H17NO2S2. The molecule has 1 fully saturated rings. The minimum Gasteiger partial charge on any atom is -0.497 e. The summed E-state index contributed by atoms with van der Waals surface area (Å²) in [7, 11) is 1.66. The van der Waals surface area contributed by atoms with E-state index in [0.717, 1.165) is 22.3 Å². The zero-order chi connectivity index (χ0) is 13.9. The van der Waals surface area contributed by atoms with E-state index in [4.69, 9.17) is 14.5 Å². The lowest BCUT2D eigenvalue weighted by Crippen LogP contribution is -1.95.